The number of ether oxygens (including phenoxy) is 1. The molecule has 0 unspecified atom stereocenters. The van der Waals surface area contributed by atoms with Crippen LogP contribution in [-0.2, 0) is 33.1 Å². The predicted molar refractivity (Wildman–Crippen MR) is 163 cm³/mol. The first-order valence-corrected chi connectivity index (χ1v) is 14.5. The monoisotopic (exact) mass is 583 g/mol. The highest BCUT2D eigenvalue weighted by Gasteiger charge is 2.52. The second-order valence-corrected chi connectivity index (χ2v) is 11.0. The van der Waals surface area contributed by atoms with Crippen LogP contribution in [0, 0.1) is 5.92 Å². The third kappa shape index (κ3) is 6.04. The van der Waals surface area contributed by atoms with Crippen LogP contribution in [-0.4, -0.2) is 59.6 Å². The van der Waals surface area contributed by atoms with Crippen LogP contribution in [0.5, 0.6) is 5.75 Å². The van der Waals surface area contributed by atoms with Gasteiger partial charge < -0.3 is 29.6 Å². The Morgan fingerprint density at radius 3 is 2.51 bits per heavy atom. The Kier molecular flexibility index (Phi) is 8.94. The van der Waals surface area contributed by atoms with Gasteiger partial charge >= 0.3 is 0 Å². The van der Waals surface area contributed by atoms with Gasteiger partial charge in [0.05, 0.1) is 25.9 Å². The fourth-order valence-corrected chi connectivity index (χ4v) is 5.66. The van der Waals surface area contributed by atoms with Crippen molar-refractivity contribution in [2.24, 2.45) is 5.92 Å². The van der Waals surface area contributed by atoms with Crippen LogP contribution >= 0.6 is 0 Å². The third-order valence-electron chi connectivity index (χ3n) is 8.20. The first-order chi connectivity index (χ1) is 20.8. The summed E-state index contributed by atoms with van der Waals surface area (Å²) in [5, 5.41) is 21.6. The van der Waals surface area contributed by atoms with Gasteiger partial charge in [0, 0.05) is 49.6 Å². The number of anilines is 2. The summed E-state index contributed by atoms with van der Waals surface area (Å²) < 4.78 is 5.42. The van der Waals surface area contributed by atoms with Crippen molar-refractivity contribution in [2.75, 3.05) is 36.6 Å². The smallest absolute Gasteiger partial charge is 0.264 e. The quantitative estimate of drug-likeness (QED) is 0.248. The van der Waals surface area contributed by atoms with Gasteiger partial charge in [-0.15, -0.1) is 0 Å². The van der Waals surface area contributed by atoms with Crippen LogP contribution in [0.25, 0.3) is 0 Å². The normalized spacial score (nSPS) is 18.5. The number of amides is 3. The van der Waals surface area contributed by atoms with E-state index in [2.05, 4.69) is 0 Å². The molecule has 2 aliphatic rings. The van der Waals surface area contributed by atoms with Crippen LogP contribution in [0.3, 0.4) is 0 Å². The molecule has 1 saturated heterocycles. The molecular weight excluding hydrogens is 546 g/mol. The molecule has 9 heteroatoms. The highest BCUT2D eigenvalue weighted by atomic mass is 16.5. The Morgan fingerprint density at radius 1 is 1.07 bits per heavy atom. The number of benzene rings is 3. The maximum Gasteiger partial charge on any atom is 0.264 e. The van der Waals surface area contributed by atoms with Gasteiger partial charge in [0.15, 0.2) is 5.60 Å². The minimum atomic E-state index is -1.89. The van der Waals surface area contributed by atoms with Crippen molar-refractivity contribution in [3.8, 4) is 5.75 Å². The molecule has 2 atom stereocenters. The second kappa shape index (κ2) is 12.8. The van der Waals surface area contributed by atoms with Crippen molar-refractivity contribution in [2.45, 2.75) is 38.5 Å². The molecule has 2 N–H and O–H groups in total. The van der Waals surface area contributed by atoms with Crippen molar-refractivity contribution in [3.63, 3.8) is 0 Å². The first kappa shape index (κ1) is 30.0. The summed E-state index contributed by atoms with van der Waals surface area (Å²) in [7, 11) is 1.53. The van der Waals surface area contributed by atoms with Crippen molar-refractivity contribution in [1.82, 2.24) is 4.90 Å². The number of hydrogen-bond acceptors (Lipinski definition) is 6. The molecule has 5 rings (SSSR count). The van der Waals surface area contributed by atoms with Gasteiger partial charge in [0.2, 0.25) is 11.8 Å². The zero-order valence-corrected chi connectivity index (χ0v) is 24.5. The highest BCUT2D eigenvalue weighted by molar-refractivity contribution is 6.07. The Labute approximate surface area is 251 Å². The number of nitrogens with zero attached hydrogens (tertiary/aromatic N) is 3. The van der Waals surface area contributed by atoms with E-state index in [0.717, 1.165) is 16.8 Å². The molecule has 2 aliphatic heterocycles. The molecule has 0 spiro atoms. The second-order valence-electron chi connectivity index (χ2n) is 11.0. The zero-order chi connectivity index (χ0) is 30.6. The molecule has 0 saturated carbocycles. The number of aliphatic hydroxyl groups excluding tert-OH is 1. The largest absolute Gasteiger partial charge is 0.497 e. The summed E-state index contributed by atoms with van der Waals surface area (Å²) in [6.45, 7) is 3.05. The van der Waals surface area contributed by atoms with E-state index >= 15 is 0 Å². The lowest BCUT2D eigenvalue weighted by Crippen LogP contribution is -2.44. The van der Waals surface area contributed by atoms with E-state index in [0.29, 0.717) is 36.5 Å². The Balaban J connectivity index is 1.35. The van der Waals surface area contributed by atoms with Crippen LogP contribution in [0.2, 0.25) is 0 Å². The Bertz CT molecular complexity index is 1520. The molecule has 2 heterocycles. The summed E-state index contributed by atoms with van der Waals surface area (Å²) in [5.74, 6) is -0.739. The number of rotatable bonds is 12. The molecular formula is C34H37N3O6. The zero-order valence-electron chi connectivity index (χ0n) is 24.5. The third-order valence-corrected chi connectivity index (χ3v) is 8.20. The predicted octanol–water partition coefficient (Wildman–Crippen LogP) is 3.77. The SMILES string of the molecule is COc1ccc2c(c1)[C@@](O)([C@H](C)/C=C/CC(=O)N(CCO)Cc1ccccc1)C(=O)N2Cc1cccc(N2CCC2=O)c1. The fraction of sp³-hybridized carbons (Fsp3) is 0.324. The molecule has 43 heavy (non-hydrogen) atoms. The molecule has 1 fully saturated rings. The average Bonchev–Trinajstić information content (AvgIpc) is 3.22. The van der Waals surface area contributed by atoms with Crippen molar-refractivity contribution in [3.05, 3.63) is 102 Å². The maximum absolute atomic E-state index is 14.0. The van der Waals surface area contributed by atoms with Gasteiger partial charge in [-0.3, -0.25) is 14.4 Å². The van der Waals surface area contributed by atoms with Crippen LogP contribution in [0.4, 0.5) is 11.4 Å². The lowest BCUT2D eigenvalue weighted by atomic mass is 9.83. The van der Waals surface area contributed by atoms with Gasteiger partial charge in [-0.25, -0.2) is 0 Å². The van der Waals surface area contributed by atoms with Gasteiger partial charge in [0.1, 0.15) is 5.75 Å². The Morgan fingerprint density at radius 2 is 1.84 bits per heavy atom. The molecule has 0 radical (unpaired) electrons. The van der Waals surface area contributed by atoms with Crippen LogP contribution in [0.1, 0.15) is 36.5 Å². The van der Waals surface area contributed by atoms with E-state index in [-0.39, 0.29) is 37.9 Å². The lowest BCUT2D eigenvalue weighted by molar-refractivity contribution is -0.139. The molecule has 9 nitrogen and oxygen atoms in total. The van der Waals surface area contributed by atoms with Crippen molar-refractivity contribution >= 4 is 29.1 Å². The standard InChI is InChI=1S/C34H37N3O6/c1-24(8-6-13-31(39)35(18-19-38)22-25-9-4-3-5-10-25)34(42)29-21-28(43-2)14-15-30(29)37(33(34)41)23-26-11-7-12-27(20-26)36-17-16-32(36)40/h3-12,14-15,20-21,24,38,42H,13,16-19,22-23H2,1-2H3/b8-6+/t24-,34+/m1/s1. The van der Waals surface area contributed by atoms with Gasteiger partial charge in [-0.1, -0.05) is 61.5 Å². The van der Waals surface area contributed by atoms with E-state index in [1.54, 1.807) is 52.0 Å². The number of β-lactam (4-membered cyclic amide) rings is 1. The highest BCUT2D eigenvalue weighted by Crippen LogP contribution is 2.47. The van der Waals surface area contributed by atoms with E-state index < -0.39 is 17.4 Å². The molecule has 3 aromatic carbocycles. The number of aliphatic hydroxyl groups is 2. The van der Waals surface area contributed by atoms with Gasteiger partial charge in [-0.2, -0.15) is 0 Å². The van der Waals surface area contributed by atoms with E-state index in [4.69, 9.17) is 4.74 Å². The van der Waals surface area contributed by atoms with E-state index in [9.17, 15) is 24.6 Å². The molecule has 3 amide bonds. The van der Waals surface area contributed by atoms with Gasteiger partial charge in [-0.05, 0) is 41.5 Å². The number of hydrogen-bond donors (Lipinski definition) is 2. The number of carbonyl (C=O) groups excluding carboxylic acids is 3. The van der Waals surface area contributed by atoms with Crippen molar-refractivity contribution < 1.29 is 29.3 Å². The summed E-state index contributed by atoms with van der Waals surface area (Å²) in [6.07, 6.45) is 3.95. The van der Waals surface area contributed by atoms with Gasteiger partial charge in [0.25, 0.3) is 5.91 Å². The number of methoxy groups -OCH3 is 1. The lowest BCUT2D eigenvalue weighted by Gasteiger charge is -2.31. The topological polar surface area (TPSA) is 111 Å². The molecule has 0 aromatic heterocycles. The number of carbonyl (C=O) groups is 3. The minimum Gasteiger partial charge on any atom is -0.497 e. The van der Waals surface area contributed by atoms with Crippen molar-refractivity contribution in [1.29, 1.82) is 0 Å². The fourth-order valence-electron chi connectivity index (χ4n) is 5.66. The molecule has 224 valence electrons. The molecule has 0 aliphatic carbocycles. The van der Waals surface area contributed by atoms with Crippen LogP contribution in [0.15, 0.2) is 84.9 Å². The summed E-state index contributed by atoms with van der Waals surface area (Å²) >= 11 is 0. The Hall–Kier alpha value is -4.47. The molecule has 0 bridgehead atoms. The van der Waals surface area contributed by atoms with Crippen LogP contribution < -0.4 is 14.5 Å². The first-order valence-electron chi connectivity index (χ1n) is 14.5. The number of fused-ring (bicyclic) bond motifs is 1. The summed E-state index contributed by atoms with van der Waals surface area (Å²) in [6, 6.07) is 22.3. The summed E-state index contributed by atoms with van der Waals surface area (Å²) in [4.78, 5) is 43.9. The minimum absolute atomic E-state index is 0.0537. The average molecular weight is 584 g/mol. The molecule has 3 aromatic rings. The van der Waals surface area contributed by atoms with E-state index in [1.807, 2.05) is 54.6 Å². The maximum atomic E-state index is 14.0. The summed E-state index contributed by atoms with van der Waals surface area (Å²) in [5.41, 5.74) is 1.69. The van der Waals surface area contributed by atoms with E-state index in [1.165, 1.54) is 7.11 Å².